The zero-order chi connectivity index (χ0) is 22.6. The molecule has 9 heteroatoms. The van der Waals surface area contributed by atoms with Crippen molar-refractivity contribution in [2.24, 2.45) is 23.7 Å². The van der Waals surface area contributed by atoms with Crippen molar-refractivity contribution in [2.75, 3.05) is 11.9 Å². The second kappa shape index (κ2) is 8.31. The third-order valence-corrected chi connectivity index (χ3v) is 10.1. The Morgan fingerprint density at radius 3 is 2.23 bits per heavy atom. The summed E-state index contributed by atoms with van der Waals surface area (Å²) in [7, 11) is 0. The van der Waals surface area contributed by atoms with Crippen molar-refractivity contribution in [1.29, 1.82) is 0 Å². The van der Waals surface area contributed by atoms with E-state index in [-0.39, 0.29) is 45.1 Å². The van der Waals surface area contributed by atoms with Crippen molar-refractivity contribution >= 4 is 61.2 Å². The molecule has 1 aromatic rings. The van der Waals surface area contributed by atoms with Crippen molar-refractivity contribution in [1.82, 2.24) is 4.90 Å². The maximum Gasteiger partial charge on any atom is 0.329 e. The fraction of sp³-hybridized carbons (Fsp3) is 0.545. The number of nitrogens with zero attached hydrogens (tertiary/aromatic N) is 1. The molecule has 166 valence electrons. The van der Waals surface area contributed by atoms with E-state index in [1.807, 2.05) is 26.0 Å². The zero-order valence-corrected chi connectivity index (χ0v) is 20.6. The number of hydrogen-bond acceptors (Lipinski definition) is 5. The number of benzene rings is 1. The van der Waals surface area contributed by atoms with E-state index >= 15 is 0 Å². The number of fused-ring (bicyclic) bond motifs is 5. The van der Waals surface area contributed by atoms with Gasteiger partial charge in [-0.05, 0) is 62.3 Å². The number of nitrogens with one attached hydrogen (secondary N) is 1. The average molecular weight is 556 g/mol. The van der Waals surface area contributed by atoms with Gasteiger partial charge < -0.3 is 10.1 Å². The van der Waals surface area contributed by atoms with Gasteiger partial charge in [0.15, 0.2) is 6.61 Å². The van der Waals surface area contributed by atoms with Crippen molar-refractivity contribution in [3.63, 3.8) is 0 Å². The molecule has 7 nitrogen and oxygen atoms in total. The highest BCUT2D eigenvalue weighted by Gasteiger charge is 2.67. The van der Waals surface area contributed by atoms with Crippen molar-refractivity contribution in [3.05, 3.63) is 29.3 Å². The predicted molar refractivity (Wildman–Crippen MR) is 121 cm³/mol. The molecule has 3 fully saturated rings. The number of carbonyl (C=O) groups is 4. The maximum absolute atomic E-state index is 13.0. The Bertz CT molecular complexity index is 935. The van der Waals surface area contributed by atoms with E-state index in [0.717, 1.165) is 22.4 Å². The molecular formula is C22H24Br2N2O5. The van der Waals surface area contributed by atoms with Crippen LogP contribution in [0.2, 0.25) is 0 Å². The molecule has 3 amide bonds. The van der Waals surface area contributed by atoms with Gasteiger partial charge in [-0.15, -0.1) is 0 Å². The minimum Gasteiger partial charge on any atom is -0.454 e. The van der Waals surface area contributed by atoms with E-state index in [2.05, 4.69) is 37.2 Å². The summed E-state index contributed by atoms with van der Waals surface area (Å²) in [5.74, 6) is -2.50. The predicted octanol–water partition coefficient (Wildman–Crippen LogP) is 2.95. The third-order valence-electron chi connectivity index (χ3n) is 6.89. The number of amides is 3. The average Bonchev–Trinajstić information content (AvgIpc) is 3.33. The van der Waals surface area contributed by atoms with Crippen LogP contribution < -0.4 is 5.32 Å². The summed E-state index contributed by atoms with van der Waals surface area (Å²) in [6, 6.07) is 4.43. The van der Waals surface area contributed by atoms with Crippen LogP contribution in [0.5, 0.6) is 0 Å². The topological polar surface area (TPSA) is 92.8 Å². The molecule has 1 N–H and O–H groups in total. The minimum absolute atomic E-state index is 0.0767. The van der Waals surface area contributed by atoms with E-state index in [1.165, 1.54) is 6.92 Å². The van der Waals surface area contributed by atoms with E-state index < -0.39 is 24.5 Å². The lowest BCUT2D eigenvalue weighted by Crippen LogP contribution is -2.45. The number of hydrogen-bond donors (Lipinski definition) is 1. The fourth-order valence-electron chi connectivity index (χ4n) is 5.13. The number of esters is 1. The molecule has 2 saturated carbocycles. The lowest BCUT2D eigenvalue weighted by Gasteiger charge is -2.28. The first-order chi connectivity index (χ1) is 14.6. The van der Waals surface area contributed by atoms with Gasteiger partial charge in [-0.25, -0.2) is 4.79 Å². The number of aryl methyl sites for hydroxylation is 2. The number of halogens is 2. The molecule has 7 atom stereocenters. The van der Waals surface area contributed by atoms with Gasteiger partial charge in [0.05, 0.1) is 11.8 Å². The normalized spacial score (nSPS) is 32.2. The maximum atomic E-state index is 13.0. The Balaban J connectivity index is 1.36. The van der Waals surface area contributed by atoms with Crippen LogP contribution in [0.25, 0.3) is 0 Å². The van der Waals surface area contributed by atoms with Gasteiger partial charge in [-0.2, -0.15) is 0 Å². The molecule has 0 unspecified atom stereocenters. The van der Waals surface area contributed by atoms with Crippen molar-refractivity contribution in [2.45, 2.75) is 42.9 Å². The molecule has 3 aliphatic rings. The molecule has 2 bridgehead atoms. The van der Waals surface area contributed by atoms with E-state index in [1.54, 1.807) is 6.07 Å². The van der Waals surface area contributed by atoms with Gasteiger partial charge in [0.2, 0.25) is 11.8 Å². The highest BCUT2D eigenvalue weighted by Crippen LogP contribution is 2.60. The molecule has 2 aliphatic carbocycles. The number of imide groups is 1. The molecule has 31 heavy (non-hydrogen) atoms. The van der Waals surface area contributed by atoms with Gasteiger partial charge >= 0.3 is 5.97 Å². The third kappa shape index (κ3) is 3.73. The molecule has 1 aromatic carbocycles. The SMILES string of the molecule is Cc1ccc(NC(=O)COC(=O)[C@H](C)N2C(=O)[C@@H]3[C@H]4C[C@@H]([C@H](Br)[C@H]4Br)[C@H]3C2=O)cc1C. The molecule has 0 radical (unpaired) electrons. The molecule has 1 saturated heterocycles. The Morgan fingerprint density at radius 2 is 1.68 bits per heavy atom. The summed E-state index contributed by atoms with van der Waals surface area (Å²) in [4.78, 5) is 52.0. The van der Waals surface area contributed by atoms with Gasteiger partial charge in [0, 0.05) is 15.3 Å². The summed E-state index contributed by atoms with van der Waals surface area (Å²) in [5.41, 5.74) is 2.75. The summed E-state index contributed by atoms with van der Waals surface area (Å²) in [5, 5.41) is 2.68. The Kier molecular flexibility index (Phi) is 6.02. The van der Waals surface area contributed by atoms with E-state index in [4.69, 9.17) is 4.74 Å². The van der Waals surface area contributed by atoms with Crippen LogP contribution >= 0.6 is 31.9 Å². The van der Waals surface area contributed by atoms with Crippen molar-refractivity contribution < 1.29 is 23.9 Å². The second-order valence-electron chi connectivity index (χ2n) is 8.68. The number of ether oxygens (including phenoxy) is 1. The summed E-state index contributed by atoms with van der Waals surface area (Å²) in [6.07, 6.45) is 0.823. The van der Waals surface area contributed by atoms with Crippen LogP contribution in [0.3, 0.4) is 0 Å². The Hall–Kier alpha value is -1.74. The lowest BCUT2D eigenvalue weighted by atomic mass is 9.81. The number of alkyl halides is 2. The monoisotopic (exact) mass is 554 g/mol. The van der Waals surface area contributed by atoms with Crippen LogP contribution in [0, 0.1) is 37.5 Å². The second-order valence-corrected chi connectivity index (χ2v) is 10.8. The summed E-state index contributed by atoms with van der Waals surface area (Å²) in [6.45, 7) is 4.89. The first-order valence-electron chi connectivity index (χ1n) is 10.3. The largest absolute Gasteiger partial charge is 0.454 e. The Labute approximate surface area is 197 Å². The molecule has 1 heterocycles. The van der Waals surface area contributed by atoms with Gasteiger partial charge in [-0.3, -0.25) is 19.3 Å². The minimum atomic E-state index is -1.07. The number of carbonyl (C=O) groups excluding carboxylic acids is 4. The molecular weight excluding hydrogens is 532 g/mol. The number of likely N-dealkylation sites (tertiary alicyclic amines) is 1. The number of anilines is 1. The quantitative estimate of drug-likeness (QED) is 0.342. The molecule has 0 aromatic heterocycles. The molecule has 0 spiro atoms. The standard InChI is InChI=1S/C22H24Br2N2O5/c1-9-4-5-12(6-10(9)2)25-15(27)8-31-22(30)11(3)26-20(28)16-13-7-14(17(16)21(26)29)19(24)18(13)23/h4-6,11,13-14,16-19H,7-8H2,1-3H3,(H,25,27)/t11-,13+,14+,16+,17+,18-,19-/m0/s1. The van der Waals surface area contributed by atoms with Crippen LogP contribution in [-0.2, 0) is 23.9 Å². The zero-order valence-electron chi connectivity index (χ0n) is 17.4. The summed E-state index contributed by atoms with van der Waals surface area (Å²) < 4.78 is 5.12. The molecule has 1 aliphatic heterocycles. The van der Waals surface area contributed by atoms with Crippen LogP contribution in [0.15, 0.2) is 18.2 Å². The van der Waals surface area contributed by atoms with Crippen molar-refractivity contribution in [3.8, 4) is 0 Å². The van der Waals surface area contributed by atoms with Crippen LogP contribution in [-0.4, -0.2) is 50.9 Å². The van der Waals surface area contributed by atoms with Gasteiger partial charge in [0.1, 0.15) is 6.04 Å². The highest BCUT2D eigenvalue weighted by molar-refractivity contribution is 9.12. The van der Waals surface area contributed by atoms with Crippen LogP contribution in [0.1, 0.15) is 24.5 Å². The molecule has 4 rings (SSSR count). The van der Waals surface area contributed by atoms with E-state index in [0.29, 0.717) is 5.69 Å². The van der Waals surface area contributed by atoms with Gasteiger partial charge in [0.25, 0.3) is 5.91 Å². The van der Waals surface area contributed by atoms with E-state index in [9.17, 15) is 19.2 Å². The smallest absolute Gasteiger partial charge is 0.329 e. The van der Waals surface area contributed by atoms with Crippen LogP contribution in [0.4, 0.5) is 5.69 Å². The highest BCUT2D eigenvalue weighted by atomic mass is 79.9. The van der Waals surface area contributed by atoms with Gasteiger partial charge in [-0.1, -0.05) is 37.9 Å². The summed E-state index contributed by atoms with van der Waals surface area (Å²) >= 11 is 7.28. The Morgan fingerprint density at radius 1 is 1.10 bits per heavy atom. The first-order valence-corrected chi connectivity index (χ1v) is 12.1. The first kappa shape index (κ1) is 22.5. The fourth-order valence-corrected chi connectivity index (χ4v) is 7.01. The lowest BCUT2D eigenvalue weighted by molar-refractivity contribution is -0.159. The number of rotatable bonds is 5.